The second kappa shape index (κ2) is 6.67. The van der Waals surface area contributed by atoms with Crippen molar-refractivity contribution in [3.63, 3.8) is 0 Å². The first kappa shape index (κ1) is 16.8. The lowest BCUT2D eigenvalue weighted by atomic mass is 9.91. The number of benzene rings is 1. The molecule has 1 aromatic carbocycles. The van der Waals surface area contributed by atoms with Crippen LogP contribution >= 0.6 is 11.6 Å². The van der Waals surface area contributed by atoms with Gasteiger partial charge in [-0.3, -0.25) is 4.90 Å². The van der Waals surface area contributed by atoms with Gasteiger partial charge < -0.3 is 10.4 Å². The normalized spacial score (nSPS) is 20.0. The average molecular weight is 387 g/mol. The van der Waals surface area contributed by atoms with Crippen LogP contribution in [0.15, 0.2) is 41.2 Å². The molecule has 0 atom stereocenters. The molecule has 0 radical (unpaired) electrons. The van der Waals surface area contributed by atoms with E-state index in [1.54, 1.807) is 18.5 Å². The molecule has 0 amide bonds. The number of piperidine rings is 1. The van der Waals surface area contributed by atoms with Crippen molar-refractivity contribution >= 4 is 29.5 Å². The molecule has 8 heteroatoms. The lowest BCUT2D eigenvalue weighted by Crippen LogP contribution is -2.39. The summed E-state index contributed by atoms with van der Waals surface area (Å²) in [6, 6.07) is 6.98. The number of aromatic nitrogens is 1. The minimum absolute atomic E-state index is 0.228. The first-order valence-corrected chi connectivity index (χ1v) is 9.50. The van der Waals surface area contributed by atoms with Gasteiger partial charge in [0.15, 0.2) is 0 Å². The van der Waals surface area contributed by atoms with Crippen LogP contribution in [0.2, 0.25) is 5.02 Å². The Kier molecular flexibility index (Phi) is 4.15. The van der Waals surface area contributed by atoms with Crippen molar-refractivity contribution in [1.82, 2.24) is 25.9 Å². The lowest BCUT2D eigenvalue weighted by Gasteiger charge is -2.32. The zero-order valence-electron chi connectivity index (χ0n) is 14.7. The topological polar surface area (TPSA) is 58.7 Å². The summed E-state index contributed by atoms with van der Waals surface area (Å²) in [5, 5.41) is 2.37. The first-order valence-electron chi connectivity index (χ1n) is 9.12. The molecule has 0 unspecified atom stereocenters. The standard InChI is InChI=1S/C19H20ClFN6/c20-14-2-1-13(16(21)9-14)10-26-7-4-12(5-8-26)17-18-15-3-6-22-19(15)23-11-27(18)25-24-17/h1-3,6,9,11-12,22,24-25H,4-5,7-8,10H2. The molecule has 6 nitrogen and oxygen atoms in total. The van der Waals surface area contributed by atoms with Crippen LogP contribution in [0.4, 0.5) is 10.2 Å². The minimum atomic E-state index is -0.228. The fraction of sp³-hybridized carbons (Fsp3) is 0.316. The number of allylic oxidation sites excluding steroid dienone is 1. The highest BCUT2D eigenvalue weighted by Gasteiger charge is 2.33. The van der Waals surface area contributed by atoms with Crippen molar-refractivity contribution in [3.05, 3.63) is 58.1 Å². The molecule has 1 saturated heterocycles. The van der Waals surface area contributed by atoms with E-state index in [4.69, 9.17) is 11.6 Å². The zero-order chi connectivity index (χ0) is 18.4. The van der Waals surface area contributed by atoms with Gasteiger partial charge >= 0.3 is 0 Å². The van der Waals surface area contributed by atoms with Gasteiger partial charge in [-0.2, -0.15) is 0 Å². The highest BCUT2D eigenvalue weighted by molar-refractivity contribution is 6.30. The second-order valence-corrected chi connectivity index (χ2v) is 7.58. The van der Waals surface area contributed by atoms with Gasteiger partial charge in [-0.25, -0.2) is 14.4 Å². The van der Waals surface area contributed by atoms with Crippen LogP contribution in [0.1, 0.15) is 24.0 Å². The molecule has 0 spiro atoms. The van der Waals surface area contributed by atoms with E-state index >= 15 is 0 Å². The van der Waals surface area contributed by atoms with E-state index in [1.807, 2.05) is 11.2 Å². The van der Waals surface area contributed by atoms with Crippen LogP contribution in [0.3, 0.4) is 0 Å². The van der Waals surface area contributed by atoms with E-state index in [0.717, 1.165) is 43.0 Å². The van der Waals surface area contributed by atoms with Crippen LogP contribution in [-0.2, 0) is 6.54 Å². The van der Waals surface area contributed by atoms with Gasteiger partial charge in [0.25, 0.3) is 0 Å². The molecule has 0 saturated carbocycles. The predicted octanol–water partition coefficient (Wildman–Crippen LogP) is 3.39. The molecule has 0 aliphatic carbocycles. The molecule has 3 aliphatic heterocycles. The number of nitrogens with one attached hydrogen (secondary N) is 3. The maximum Gasteiger partial charge on any atom is 0.141 e. The number of aromatic amines is 1. The summed E-state index contributed by atoms with van der Waals surface area (Å²) in [7, 11) is 0. The van der Waals surface area contributed by atoms with Crippen LogP contribution in [0.5, 0.6) is 0 Å². The van der Waals surface area contributed by atoms with E-state index in [2.05, 4.69) is 31.9 Å². The number of rotatable bonds is 3. The summed E-state index contributed by atoms with van der Waals surface area (Å²) in [6.45, 7) is 2.48. The molecular formula is C19H20ClFN6. The third kappa shape index (κ3) is 3.01. The van der Waals surface area contributed by atoms with Gasteiger partial charge in [0.2, 0.25) is 0 Å². The fourth-order valence-corrected chi connectivity index (χ4v) is 4.23. The highest BCUT2D eigenvalue weighted by Crippen LogP contribution is 2.38. The number of aliphatic imine (C=N–C) groups is 1. The molecule has 5 rings (SSSR count). The van der Waals surface area contributed by atoms with Gasteiger partial charge in [-0.1, -0.05) is 17.7 Å². The molecular weight excluding hydrogens is 367 g/mol. The molecule has 27 heavy (non-hydrogen) atoms. The number of H-pyrrole nitrogens is 1. The second-order valence-electron chi connectivity index (χ2n) is 7.14. The summed E-state index contributed by atoms with van der Waals surface area (Å²) >= 11 is 5.85. The Labute approximate surface area is 161 Å². The highest BCUT2D eigenvalue weighted by atomic mass is 35.5. The van der Waals surface area contributed by atoms with Gasteiger partial charge in [0, 0.05) is 34.8 Å². The molecule has 3 N–H and O–H groups in total. The van der Waals surface area contributed by atoms with Crippen molar-refractivity contribution < 1.29 is 4.39 Å². The molecule has 4 heterocycles. The van der Waals surface area contributed by atoms with E-state index in [1.165, 1.54) is 11.8 Å². The zero-order valence-corrected chi connectivity index (χ0v) is 15.4. The molecule has 3 aliphatic rings. The van der Waals surface area contributed by atoms with Crippen LogP contribution in [-0.4, -0.2) is 34.3 Å². The first-order chi connectivity index (χ1) is 13.2. The molecule has 0 bridgehead atoms. The molecule has 1 fully saturated rings. The number of fused-ring (bicyclic) bond motifs is 3. The summed E-state index contributed by atoms with van der Waals surface area (Å²) in [6.07, 6.45) is 5.74. The predicted molar refractivity (Wildman–Crippen MR) is 103 cm³/mol. The van der Waals surface area contributed by atoms with Gasteiger partial charge in [0.05, 0.1) is 11.4 Å². The maximum atomic E-state index is 14.1. The van der Waals surface area contributed by atoms with E-state index in [0.29, 0.717) is 23.0 Å². The summed E-state index contributed by atoms with van der Waals surface area (Å²) in [5.74, 6) is 1.09. The van der Waals surface area contributed by atoms with Crippen molar-refractivity contribution in [1.29, 1.82) is 0 Å². The number of halogens is 2. The molecule has 1 aromatic heterocycles. The Balaban J connectivity index is 1.30. The Morgan fingerprint density at radius 2 is 2.07 bits per heavy atom. The fourth-order valence-electron chi connectivity index (χ4n) is 4.07. The van der Waals surface area contributed by atoms with Crippen LogP contribution in [0.25, 0.3) is 5.70 Å². The third-order valence-corrected chi connectivity index (χ3v) is 5.73. The maximum absolute atomic E-state index is 14.1. The van der Waals surface area contributed by atoms with E-state index < -0.39 is 0 Å². The van der Waals surface area contributed by atoms with E-state index in [9.17, 15) is 4.39 Å². The Morgan fingerprint density at radius 3 is 2.89 bits per heavy atom. The summed E-state index contributed by atoms with van der Waals surface area (Å²) < 4.78 is 14.1. The quantitative estimate of drug-likeness (QED) is 0.756. The largest absolute Gasteiger partial charge is 0.346 e. The summed E-state index contributed by atoms with van der Waals surface area (Å²) in [5.41, 5.74) is 10.7. The van der Waals surface area contributed by atoms with Crippen molar-refractivity contribution in [2.45, 2.75) is 19.4 Å². The minimum Gasteiger partial charge on any atom is -0.346 e. The van der Waals surface area contributed by atoms with Crippen molar-refractivity contribution in [3.8, 4) is 0 Å². The number of hydrogen-bond acceptors (Lipinski definition) is 5. The smallest absolute Gasteiger partial charge is 0.141 e. The molecule has 2 aromatic rings. The van der Waals surface area contributed by atoms with Crippen molar-refractivity contribution in [2.75, 3.05) is 13.1 Å². The van der Waals surface area contributed by atoms with Crippen molar-refractivity contribution in [2.24, 2.45) is 10.9 Å². The number of nitrogens with zero attached hydrogens (tertiary/aromatic N) is 3. The van der Waals surface area contributed by atoms with Crippen LogP contribution in [0, 0.1) is 11.7 Å². The third-order valence-electron chi connectivity index (χ3n) is 5.49. The monoisotopic (exact) mass is 386 g/mol. The van der Waals surface area contributed by atoms with E-state index in [-0.39, 0.29) is 5.82 Å². The number of likely N-dealkylation sites (tertiary alicyclic amines) is 1. The molecule has 140 valence electrons. The number of hydrogen-bond donors (Lipinski definition) is 3. The Hall–Kier alpha value is -2.35. The van der Waals surface area contributed by atoms with Gasteiger partial charge in [-0.15, -0.1) is 5.53 Å². The van der Waals surface area contributed by atoms with Crippen LogP contribution < -0.4 is 11.0 Å². The number of hydrazine groups is 2. The lowest BCUT2D eigenvalue weighted by molar-refractivity contribution is 0.186. The SMILES string of the molecule is Fc1cc(Cl)ccc1CN1CCC(C2=C3c4cc[nH]c4N=CN3NN2)CC1. The Bertz CT molecular complexity index is 928. The van der Waals surface area contributed by atoms with Gasteiger partial charge in [-0.05, 0) is 44.1 Å². The van der Waals surface area contributed by atoms with Gasteiger partial charge in [0.1, 0.15) is 18.0 Å². The average Bonchev–Trinajstić information content (AvgIpc) is 3.30. The Morgan fingerprint density at radius 1 is 1.22 bits per heavy atom. The summed E-state index contributed by atoms with van der Waals surface area (Å²) in [4.78, 5) is 9.88.